The van der Waals surface area contributed by atoms with Crippen molar-refractivity contribution in [3.8, 4) is 0 Å². The van der Waals surface area contributed by atoms with E-state index in [4.69, 9.17) is 37.9 Å². The summed E-state index contributed by atoms with van der Waals surface area (Å²) in [5.41, 5.74) is 0. The summed E-state index contributed by atoms with van der Waals surface area (Å²) in [6.07, 6.45) is -12.0. The van der Waals surface area contributed by atoms with Gasteiger partial charge in [-0.15, -0.1) is 0 Å². The van der Waals surface area contributed by atoms with Gasteiger partial charge in [0.1, 0.15) is 18.3 Å². The van der Waals surface area contributed by atoms with Crippen LogP contribution < -0.4 is 0 Å². The maximum atomic E-state index is 11.9. The topological polar surface area (TPSA) is 200 Å². The van der Waals surface area contributed by atoms with E-state index >= 15 is 0 Å². The molecule has 0 spiro atoms. The van der Waals surface area contributed by atoms with Gasteiger partial charge < -0.3 is 48.1 Å². The molecule has 38 heavy (non-hydrogen) atoms. The Kier molecular flexibility index (Phi) is 11.4. The first-order valence-electron chi connectivity index (χ1n) is 11.8. The number of aliphatic hydroxyl groups is 2. The van der Waals surface area contributed by atoms with Gasteiger partial charge in [0.05, 0.1) is 13.2 Å². The zero-order valence-electron chi connectivity index (χ0n) is 21.9. The van der Waals surface area contributed by atoms with Gasteiger partial charge >= 0.3 is 29.8 Å². The smallest absolute Gasteiger partial charge is 0.303 e. The van der Waals surface area contributed by atoms with Crippen LogP contribution in [0.1, 0.15) is 41.5 Å². The van der Waals surface area contributed by atoms with Crippen LogP contribution in [0.2, 0.25) is 0 Å². The third-order valence-electron chi connectivity index (χ3n) is 5.68. The van der Waals surface area contributed by atoms with Crippen molar-refractivity contribution in [3.63, 3.8) is 0 Å². The largest absolute Gasteiger partial charge is 0.458 e. The molecule has 0 amide bonds. The average Bonchev–Trinajstić information content (AvgIpc) is 2.80. The molecule has 15 heteroatoms. The van der Waals surface area contributed by atoms with Crippen molar-refractivity contribution in [1.82, 2.24) is 0 Å². The van der Waals surface area contributed by atoms with Crippen molar-refractivity contribution in [2.45, 2.75) is 96.9 Å². The Morgan fingerprint density at radius 3 is 1.32 bits per heavy atom. The minimum atomic E-state index is -1.57. The molecular weight excluding hydrogens is 516 g/mol. The van der Waals surface area contributed by atoms with Gasteiger partial charge in [-0.1, -0.05) is 6.92 Å². The summed E-state index contributed by atoms with van der Waals surface area (Å²) in [7, 11) is 0. The molecule has 5 unspecified atom stereocenters. The van der Waals surface area contributed by atoms with E-state index in [0.29, 0.717) is 0 Å². The molecule has 0 radical (unpaired) electrons. The van der Waals surface area contributed by atoms with Gasteiger partial charge in [-0.2, -0.15) is 0 Å². The number of carbonyl (C=O) groups is 5. The third-order valence-corrected chi connectivity index (χ3v) is 5.68. The highest BCUT2D eigenvalue weighted by Gasteiger charge is 2.55. The van der Waals surface area contributed by atoms with Crippen LogP contribution in [0.15, 0.2) is 0 Å². The number of hydrogen-bond acceptors (Lipinski definition) is 15. The molecule has 2 saturated heterocycles. The molecule has 2 heterocycles. The fourth-order valence-electron chi connectivity index (χ4n) is 4.29. The lowest BCUT2D eigenvalue weighted by Crippen LogP contribution is -2.65. The van der Waals surface area contributed by atoms with E-state index in [1.165, 1.54) is 0 Å². The Bertz CT molecular complexity index is 875. The van der Waals surface area contributed by atoms with Crippen molar-refractivity contribution in [2.75, 3.05) is 13.2 Å². The molecule has 0 aliphatic carbocycles. The standard InChI is InChI=1S/C23H34O15/c1-9-17(31-10(2)26)18(32-11(3)27)15(7-24)36-22(9)38-23-21(35-14(6)30)20(34-13(5)29)19(33-12(4)28)16(8-25)37-23/h9,15-25H,7-8H2,1-6H3/t9?,15?,16?,17-,18+,19-,20?,21?,22+,23+/m1/s1. The summed E-state index contributed by atoms with van der Waals surface area (Å²) in [5, 5.41) is 19.8. The fraction of sp³-hybridized carbons (Fsp3) is 0.783. The molecule has 15 nitrogen and oxygen atoms in total. The van der Waals surface area contributed by atoms with E-state index in [9.17, 15) is 34.2 Å². The van der Waals surface area contributed by atoms with Crippen LogP contribution in [-0.2, 0) is 61.9 Å². The second-order valence-electron chi connectivity index (χ2n) is 8.82. The van der Waals surface area contributed by atoms with Crippen LogP contribution in [0.3, 0.4) is 0 Å². The van der Waals surface area contributed by atoms with Crippen molar-refractivity contribution in [3.05, 3.63) is 0 Å². The zero-order valence-corrected chi connectivity index (χ0v) is 21.9. The molecule has 216 valence electrons. The molecule has 2 N–H and O–H groups in total. The van der Waals surface area contributed by atoms with Crippen LogP contribution in [-0.4, -0.2) is 109 Å². The van der Waals surface area contributed by atoms with Crippen molar-refractivity contribution >= 4 is 29.8 Å². The highest BCUT2D eigenvalue weighted by molar-refractivity contribution is 5.69. The Morgan fingerprint density at radius 1 is 0.553 bits per heavy atom. The predicted octanol–water partition coefficient (Wildman–Crippen LogP) is -1.27. The summed E-state index contributed by atoms with van der Waals surface area (Å²) < 4.78 is 43.9. The van der Waals surface area contributed by atoms with Crippen molar-refractivity contribution in [2.24, 2.45) is 5.92 Å². The number of aliphatic hydroxyl groups excluding tert-OH is 2. The van der Waals surface area contributed by atoms with Gasteiger partial charge in [0.25, 0.3) is 0 Å². The van der Waals surface area contributed by atoms with Gasteiger partial charge in [-0.05, 0) is 0 Å². The first kappa shape index (κ1) is 31.4. The number of ether oxygens (including phenoxy) is 8. The molecule has 2 fully saturated rings. The molecule has 0 saturated carbocycles. The second kappa shape index (κ2) is 13.8. The SMILES string of the molecule is CC(=O)OC1C(OC(C)=O)[C@H](OC(C)=O)C(CO)O[C@H]1O[C@@H]1OC(CO)[C@H](OC(C)=O)[C@H](OC(C)=O)C1C. The quantitative estimate of drug-likeness (QED) is 0.254. The summed E-state index contributed by atoms with van der Waals surface area (Å²) in [5.74, 6) is -4.69. The van der Waals surface area contributed by atoms with Crippen LogP contribution in [0.4, 0.5) is 0 Å². The molecule has 2 aliphatic heterocycles. The van der Waals surface area contributed by atoms with Gasteiger partial charge in [0, 0.05) is 40.5 Å². The van der Waals surface area contributed by atoms with Crippen LogP contribution in [0, 0.1) is 5.92 Å². The molecule has 2 aliphatic rings. The Balaban J connectivity index is 2.45. The van der Waals surface area contributed by atoms with Gasteiger partial charge in [-0.3, -0.25) is 24.0 Å². The van der Waals surface area contributed by atoms with Gasteiger partial charge in [0.2, 0.25) is 6.29 Å². The fourth-order valence-corrected chi connectivity index (χ4v) is 4.29. The van der Waals surface area contributed by atoms with Crippen molar-refractivity contribution in [1.29, 1.82) is 0 Å². The molecule has 2 rings (SSSR count). The monoisotopic (exact) mass is 550 g/mol. The van der Waals surface area contributed by atoms with Crippen molar-refractivity contribution < 1.29 is 72.1 Å². The number of carbonyl (C=O) groups excluding carboxylic acids is 5. The summed E-state index contributed by atoms with van der Waals surface area (Å²) in [6.45, 7) is 5.68. The average molecular weight is 551 g/mol. The van der Waals surface area contributed by atoms with E-state index in [1.807, 2.05) is 0 Å². The van der Waals surface area contributed by atoms with E-state index < -0.39 is 104 Å². The number of rotatable bonds is 9. The Labute approximate surface area is 218 Å². The van der Waals surface area contributed by atoms with E-state index in [2.05, 4.69) is 0 Å². The minimum Gasteiger partial charge on any atom is -0.458 e. The summed E-state index contributed by atoms with van der Waals surface area (Å²) in [4.78, 5) is 59.0. The van der Waals surface area contributed by atoms with Gasteiger partial charge in [0.15, 0.2) is 30.7 Å². The Morgan fingerprint density at radius 2 is 0.895 bits per heavy atom. The summed E-state index contributed by atoms with van der Waals surface area (Å²) >= 11 is 0. The van der Waals surface area contributed by atoms with E-state index in [0.717, 1.165) is 34.6 Å². The third kappa shape index (κ3) is 8.07. The molecule has 0 aromatic carbocycles. The predicted molar refractivity (Wildman–Crippen MR) is 120 cm³/mol. The summed E-state index contributed by atoms with van der Waals surface area (Å²) in [6, 6.07) is 0. The lowest BCUT2D eigenvalue weighted by atomic mass is 9.91. The normalized spacial score (nSPS) is 34.9. The maximum Gasteiger partial charge on any atom is 0.303 e. The van der Waals surface area contributed by atoms with Crippen LogP contribution in [0.25, 0.3) is 0 Å². The highest BCUT2D eigenvalue weighted by atomic mass is 16.8. The Hall–Kier alpha value is -2.85. The maximum absolute atomic E-state index is 11.9. The first-order valence-corrected chi connectivity index (χ1v) is 11.8. The number of esters is 5. The molecular formula is C23H34O15. The molecule has 10 atom stereocenters. The molecule has 0 bridgehead atoms. The zero-order chi connectivity index (χ0) is 28.7. The highest BCUT2D eigenvalue weighted by Crippen LogP contribution is 2.35. The minimum absolute atomic E-state index is 0.662. The lowest BCUT2D eigenvalue weighted by Gasteiger charge is -2.47. The second-order valence-corrected chi connectivity index (χ2v) is 8.82. The van der Waals surface area contributed by atoms with Crippen LogP contribution in [0.5, 0.6) is 0 Å². The molecule has 0 aromatic rings. The first-order chi connectivity index (χ1) is 17.8. The van der Waals surface area contributed by atoms with Crippen LogP contribution >= 0.6 is 0 Å². The van der Waals surface area contributed by atoms with E-state index in [-0.39, 0.29) is 0 Å². The van der Waals surface area contributed by atoms with E-state index in [1.54, 1.807) is 6.92 Å². The lowest BCUT2D eigenvalue weighted by molar-refractivity contribution is -0.370. The molecule has 0 aromatic heterocycles. The number of hydrogen-bond donors (Lipinski definition) is 2. The van der Waals surface area contributed by atoms with Gasteiger partial charge in [-0.25, -0.2) is 0 Å².